The summed E-state index contributed by atoms with van der Waals surface area (Å²) in [6, 6.07) is 17.4. The number of rotatable bonds is 5. The average molecular weight is 465 g/mol. The third kappa shape index (κ3) is 4.02. The summed E-state index contributed by atoms with van der Waals surface area (Å²) >= 11 is 2.75. The molecule has 0 amide bonds. The van der Waals surface area contributed by atoms with Gasteiger partial charge in [-0.1, -0.05) is 36.3 Å². The van der Waals surface area contributed by atoms with E-state index in [1.54, 1.807) is 12.1 Å². The van der Waals surface area contributed by atoms with Crippen molar-refractivity contribution in [3.63, 3.8) is 0 Å². The van der Waals surface area contributed by atoms with Crippen molar-refractivity contribution in [3.8, 4) is 11.8 Å². The lowest BCUT2D eigenvalue weighted by molar-refractivity contribution is -0.939. The van der Waals surface area contributed by atoms with Crippen molar-refractivity contribution >= 4 is 28.6 Å². The Morgan fingerprint density at radius 1 is 1.03 bits per heavy atom. The molecule has 1 aromatic carbocycles. The fraction of sp³-hybridized carbons (Fsp3) is 0.346. The number of nitrogens with zero attached hydrogens (tertiary/aromatic N) is 1. The van der Waals surface area contributed by atoms with Gasteiger partial charge in [0.05, 0.1) is 22.8 Å². The number of piperidine rings is 3. The van der Waals surface area contributed by atoms with Crippen LogP contribution in [-0.2, 0) is 15.1 Å². The summed E-state index contributed by atoms with van der Waals surface area (Å²) in [6.45, 7) is 3.67. The van der Waals surface area contributed by atoms with E-state index in [4.69, 9.17) is 4.74 Å². The van der Waals surface area contributed by atoms with Crippen LogP contribution in [0, 0.1) is 17.8 Å². The standard InChI is InChI=1S/C26H26NO3S2/c28-25(26(29,23-10-5-17-31-23)24-11-6-18-32-24)30-22-19-27(15-12-21(22)13-16-27)14-4-9-20-7-2-1-3-8-20/h1-3,5-8,10-11,17-18,21-22,29H,12-16,19H2/q+1/t21?,22-,27?/m0/s1. The van der Waals surface area contributed by atoms with Crippen LogP contribution in [0.4, 0.5) is 0 Å². The predicted octanol–water partition coefficient (Wildman–Crippen LogP) is 4.25. The number of hydrogen-bond donors (Lipinski definition) is 1. The molecule has 4 nitrogen and oxygen atoms in total. The van der Waals surface area contributed by atoms with Gasteiger partial charge in [-0.3, -0.25) is 0 Å². The summed E-state index contributed by atoms with van der Waals surface area (Å²) in [5.74, 6) is 6.44. The molecule has 0 saturated carbocycles. The third-order valence-corrected chi connectivity index (χ3v) is 8.73. The van der Waals surface area contributed by atoms with Crippen LogP contribution in [-0.4, -0.2) is 47.8 Å². The highest BCUT2D eigenvalue weighted by Crippen LogP contribution is 2.40. The maximum absolute atomic E-state index is 13.4. The molecule has 3 saturated heterocycles. The van der Waals surface area contributed by atoms with Gasteiger partial charge in [-0.2, -0.15) is 0 Å². The first kappa shape index (κ1) is 21.4. The zero-order valence-electron chi connectivity index (χ0n) is 17.8. The third-order valence-electron chi connectivity index (χ3n) is 6.77. The lowest BCUT2D eigenvalue weighted by Crippen LogP contribution is -2.65. The van der Waals surface area contributed by atoms with Crippen molar-refractivity contribution in [2.45, 2.75) is 24.5 Å². The van der Waals surface area contributed by atoms with Gasteiger partial charge in [0.15, 0.2) is 6.10 Å². The Balaban J connectivity index is 1.33. The van der Waals surface area contributed by atoms with E-state index in [0.29, 0.717) is 15.7 Å². The molecule has 6 heteroatoms. The Kier molecular flexibility index (Phi) is 5.92. The molecule has 1 atom stereocenters. The summed E-state index contributed by atoms with van der Waals surface area (Å²) in [6.07, 6.45) is 1.87. The van der Waals surface area contributed by atoms with Crippen LogP contribution in [0.2, 0.25) is 0 Å². The number of carbonyl (C=O) groups excluding carboxylic acids is 1. The molecule has 3 aliphatic heterocycles. The second-order valence-corrected chi connectivity index (χ2v) is 10.6. The van der Waals surface area contributed by atoms with Crippen LogP contribution < -0.4 is 0 Å². The maximum atomic E-state index is 13.4. The first-order valence-electron chi connectivity index (χ1n) is 11.0. The molecule has 5 heterocycles. The molecule has 164 valence electrons. The second kappa shape index (κ2) is 8.84. The number of ether oxygens (including phenoxy) is 1. The lowest BCUT2D eigenvalue weighted by Gasteiger charge is -2.51. The van der Waals surface area contributed by atoms with E-state index in [-0.39, 0.29) is 6.10 Å². The van der Waals surface area contributed by atoms with Gasteiger partial charge in [-0.15, -0.1) is 22.7 Å². The van der Waals surface area contributed by atoms with E-state index < -0.39 is 11.6 Å². The van der Waals surface area contributed by atoms with Crippen molar-refractivity contribution in [2.24, 2.45) is 5.92 Å². The highest BCUT2D eigenvalue weighted by atomic mass is 32.1. The predicted molar refractivity (Wildman–Crippen MR) is 127 cm³/mol. The molecule has 32 heavy (non-hydrogen) atoms. The lowest BCUT2D eigenvalue weighted by atomic mass is 9.83. The Morgan fingerprint density at radius 2 is 1.69 bits per heavy atom. The van der Waals surface area contributed by atoms with E-state index >= 15 is 0 Å². The number of thiophene rings is 2. The molecule has 0 radical (unpaired) electrons. The molecular weight excluding hydrogens is 438 g/mol. The summed E-state index contributed by atoms with van der Waals surface area (Å²) in [5.41, 5.74) is -0.718. The van der Waals surface area contributed by atoms with Crippen LogP contribution in [0.25, 0.3) is 0 Å². The number of hydrogen-bond acceptors (Lipinski definition) is 5. The van der Waals surface area contributed by atoms with Gasteiger partial charge in [0.1, 0.15) is 13.1 Å². The van der Waals surface area contributed by atoms with Gasteiger partial charge < -0.3 is 14.3 Å². The Bertz CT molecular complexity index is 1070. The average Bonchev–Trinajstić information content (AvgIpc) is 3.55. The molecule has 0 aliphatic carbocycles. The van der Waals surface area contributed by atoms with E-state index in [0.717, 1.165) is 49.1 Å². The van der Waals surface area contributed by atoms with Crippen molar-refractivity contribution in [1.29, 1.82) is 0 Å². The van der Waals surface area contributed by atoms with Crippen molar-refractivity contribution in [2.75, 3.05) is 26.2 Å². The van der Waals surface area contributed by atoms with Gasteiger partial charge in [-0.05, 0) is 40.9 Å². The van der Waals surface area contributed by atoms with Crippen molar-refractivity contribution in [3.05, 3.63) is 80.7 Å². The fourth-order valence-corrected chi connectivity index (χ4v) is 6.64. The molecule has 1 N–H and O–H groups in total. The minimum Gasteiger partial charge on any atom is -0.453 e. The number of esters is 1. The number of benzene rings is 1. The minimum atomic E-state index is -1.74. The normalized spacial score (nSPS) is 24.5. The van der Waals surface area contributed by atoms with Crippen molar-refractivity contribution < 1.29 is 19.1 Å². The molecular formula is C26H26NO3S2+. The molecule has 3 aliphatic rings. The highest BCUT2D eigenvalue weighted by Gasteiger charge is 2.51. The first-order valence-corrected chi connectivity index (χ1v) is 12.8. The van der Waals surface area contributed by atoms with Gasteiger partial charge >= 0.3 is 5.97 Å². The van der Waals surface area contributed by atoms with Gasteiger partial charge in [0, 0.05) is 24.3 Å². The smallest absolute Gasteiger partial charge is 0.349 e. The van der Waals surface area contributed by atoms with E-state index in [1.165, 1.54) is 22.7 Å². The van der Waals surface area contributed by atoms with Gasteiger partial charge in [-0.25, -0.2) is 4.79 Å². The Morgan fingerprint density at radius 3 is 2.28 bits per heavy atom. The quantitative estimate of drug-likeness (QED) is 0.349. The monoisotopic (exact) mass is 464 g/mol. The fourth-order valence-electron chi connectivity index (χ4n) is 4.92. The molecule has 3 aromatic rings. The topological polar surface area (TPSA) is 46.5 Å². The first-order chi connectivity index (χ1) is 15.6. The van der Waals surface area contributed by atoms with Crippen LogP contribution in [0.5, 0.6) is 0 Å². The Labute approximate surface area is 196 Å². The zero-order chi connectivity index (χ0) is 22.0. The SMILES string of the molecule is O=C(O[C@H]1C[N+]2(CC#Cc3ccccc3)CCC1CC2)C(O)(c1cccs1)c1cccs1. The number of carbonyl (C=O) groups is 1. The summed E-state index contributed by atoms with van der Waals surface area (Å²) < 4.78 is 6.95. The summed E-state index contributed by atoms with van der Waals surface area (Å²) in [4.78, 5) is 14.6. The molecule has 3 fully saturated rings. The van der Waals surface area contributed by atoms with Crippen LogP contribution in [0.3, 0.4) is 0 Å². The number of fused-ring (bicyclic) bond motifs is 3. The summed E-state index contributed by atoms with van der Waals surface area (Å²) in [5, 5.41) is 15.3. The number of quaternary nitrogens is 1. The molecule has 2 bridgehead atoms. The van der Waals surface area contributed by atoms with E-state index in [9.17, 15) is 9.90 Å². The van der Waals surface area contributed by atoms with Crippen LogP contribution in [0.1, 0.15) is 28.2 Å². The minimum absolute atomic E-state index is 0.185. The van der Waals surface area contributed by atoms with E-state index in [1.807, 2.05) is 53.2 Å². The van der Waals surface area contributed by atoms with Crippen LogP contribution >= 0.6 is 22.7 Å². The molecule has 2 aromatic heterocycles. The molecule has 0 unspecified atom stereocenters. The second-order valence-electron chi connectivity index (χ2n) is 8.74. The van der Waals surface area contributed by atoms with Gasteiger partial charge in [0.25, 0.3) is 0 Å². The highest BCUT2D eigenvalue weighted by molar-refractivity contribution is 7.12. The van der Waals surface area contributed by atoms with Crippen LogP contribution in [0.15, 0.2) is 65.4 Å². The molecule has 0 spiro atoms. The largest absolute Gasteiger partial charge is 0.453 e. The van der Waals surface area contributed by atoms with Crippen molar-refractivity contribution in [1.82, 2.24) is 0 Å². The molecule has 6 rings (SSSR count). The maximum Gasteiger partial charge on any atom is 0.349 e. The Hall–Kier alpha value is -2.43. The zero-order valence-corrected chi connectivity index (χ0v) is 19.4. The summed E-state index contributed by atoms with van der Waals surface area (Å²) in [7, 11) is 0. The van der Waals surface area contributed by atoms with E-state index in [2.05, 4.69) is 11.8 Å². The number of aliphatic hydroxyl groups is 1. The van der Waals surface area contributed by atoms with Gasteiger partial charge in [0.2, 0.25) is 5.60 Å².